The summed E-state index contributed by atoms with van der Waals surface area (Å²) in [5.41, 5.74) is 7.80. The Bertz CT molecular complexity index is 686. The maximum absolute atomic E-state index is 11.6. The van der Waals surface area contributed by atoms with Crippen LogP contribution in [0.5, 0.6) is 0 Å². The molecule has 0 bridgehead atoms. The van der Waals surface area contributed by atoms with E-state index in [-0.39, 0.29) is 4.90 Å². The molecule has 0 spiro atoms. The third-order valence-electron chi connectivity index (χ3n) is 2.65. The number of benzene rings is 2. The van der Waals surface area contributed by atoms with Crippen LogP contribution in [0.3, 0.4) is 0 Å². The number of rotatable bonds is 4. The number of nitrogens with two attached hydrogens (primary N) is 1. The minimum Gasteiger partial charge on any atom is -0.397 e. The lowest BCUT2D eigenvalue weighted by Crippen LogP contribution is -2.18. The van der Waals surface area contributed by atoms with E-state index < -0.39 is 10.0 Å². The molecule has 5 nitrogen and oxygen atoms in total. The fourth-order valence-electron chi connectivity index (χ4n) is 1.62. The summed E-state index contributed by atoms with van der Waals surface area (Å²) in [5, 5.41) is 3.13. The molecule has 6 heteroatoms. The standard InChI is InChI=1S/C13H15N3O2S.C3H8/c1-15-19(17,18)11-7-8-13(12(14)9-11)16-10-5-3-2-4-6-10;1-3-2/h2-9,15-16H,14H2,1H3;3H2,1-2H3. The highest BCUT2D eigenvalue weighted by Gasteiger charge is 2.12. The molecule has 0 aliphatic rings. The zero-order chi connectivity index (χ0) is 16.6. The van der Waals surface area contributed by atoms with Gasteiger partial charge >= 0.3 is 0 Å². The summed E-state index contributed by atoms with van der Waals surface area (Å²) in [6.07, 6.45) is 1.25. The molecule has 2 aromatic carbocycles. The van der Waals surface area contributed by atoms with Gasteiger partial charge in [-0.05, 0) is 37.4 Å². The number of para-hydroxylation sites is 1. The number of hydrogen-bond acceptors (Lipinski definition) is 4. The van der Waals surface area contributed by atoms with Crippen LogP contribution in [-0.4, -0.2) is 15.5 Å². The predicted octanol–water partition coefficient (Wildman–Crippen LogP) is 3.34. The summed E-state index contributed by atoms with van der Waals surface area (Å²) in [6, 6.07) is 14.1. The van der Waals surface area contributed by atoms with Gasteiger partial charge in [-0.3, -0.25) is 0 Å². The molecule has 4 N–H and O–H groups in total. The van der Waals surface area contributed by atoms with Crippen molar-refractivity contribution in [3.8, 4) is 0 Å². The zero-order valence-corrected chi connectivity index (χ0v) is 13.9. The Morgan fingerprint density at radius 2 is 1.64 bits per heavy atom. The lowest BCUT2D eigenvalue weighted by atomic mass is 10.2. The second-order valence-electron chi connectivity index (χ2n) is 4.65. The van der Waals surface area contributed by atoms with Crippen LogP contribution in [0.1, 0.15) is 20.3 Å². The molecule has 0 radical (unpaired) electrons. The first kappa shape index (κ1) is 18.0. The number of nitrogens with one attached hydrogen (secondary N) is 2. The minimum absolute atomic E-state index is 0.145. The molecule has 2 aromatic rings. The highest BCUT2D eigenvalue weighted by Crippen LogP contribution is 2.25. The fourth-order valence-corrected chi connectivity index (χ4v) is 2.38. The summed E-state index contributed by atoms with van der Waals surface area (Å²) < 4.78 is 25.5. The SMILES string of the molecule is CCC.CNS(=O)(=O)c1ccc(Nc2ccccc2)c(N)c1. The van der Waals surface area contributed by atoms with Crippen LogP contribution in [0.25, 0.3) is 0 Å². The van der Waals surface area contributed by atoms with Gasteiger partial charge < -0.3 is 11.1 Å². The van der Waals surface area contributed by atoms with E-state index in [0.717, 1.165) is 5.69 Å². The summed E-state index contributed by atoms with van der Waals surface area (Å²) in [6.45, 7) is 4.25. The van der Waals surface area contributed by atoms with Crippen LogP contribution in [0, 0.1) is 0 Å². The van der Waals surface area contributed by atoms with Crippen LogP contribution in [-0.2, 0) is 10.0 Å². The number of hydrogen-bond donors (Lipinski definition) is 3. The molecule has 0 aliphatic carbocycles. The van der Waals surface area contributed by atoms with Crippen LogP contribution in [0.2, 0.25) is 0 Å². The first-order valence-corrected chi connectivity index (χ1v) is 8.58. The number of nitrogen functional groups attached to an aromatic ring is 1. The van der Waals surface area contributed by atoms with E-state index >= 15 is 0 Å². The van der Waals surface area contributed by atoms with Gasteiger partial charge in [0.1, 0.15) is 0 Å². The number of sulfonamides is 1. The van der Waals surface area contributed by atoms with Gasteiger partial charge in [-0.2, -0.15) is 0 Å². The van der Waals surface area contributed by atoms with Gasteiger partial charge in [0.05, 0.1) is 16.3 Å². The van der Waals surface area contributed by atoms with Crippen molar-refractivity contribution in [2.45, 2.75) is 25.2 Å². The van der Waals surface area contributed by atoms with E-state index in [1.165, 1.54) is 25.6 Å². The molecule has 0 aromatic heterocycles. The smallest absolute Gasteiger partial charge is 0.240 e. The van der Waals surface area contributed by atoms with Gasteiger partial charge in [-0.15, -0.1) is 0 Å². The van der Waals surface area contributed by atoms with E-state index in [2.05, 4.69) is 23.9 Å². The Balaban J connectivity index is 0.000000745. The average Bonchev–Trinajstić information content (AvgIpc) is 2.51. The van der Waals surface area contributed by atoms with Crippen molar-refractivity contribution in [3.63, 3.8) is 0 Å². The Morgan fingerprint density at radius 1 is 1.05 bits per heavy atom. The Hall–Kier alpha value is -2.05. The number of anilines is 3. The van der Waals surface area contributed by atoms with Crippen LogP contribution in [0.4, 0.5) is 17.1 Å². The van der Waals surface area contributed by atoms with E-state index in [9.17, 15) is 8.42 Å². The molecule has 120 valence electrons. The maximum atomic E-state index is 11.6. The summed E-state index contributed by atoms with van der Waals surface area (Å²) in [5.74, 6) is 0. The highest BCUT2D eigenvalue weighted by atomic mass is 32.2. The summed E-state index contributed by atoms with van der Waals surface area (Å²) in [7, 11) is -2.11. The topological polar surface area (TPSA) is 84.2 Å². The summed E-state index contributed by atoms with van der Waals surface area (Å²) in [4.78, 5) is 0.145. The molecule has 0 heterocycles. The Kier molecular flexibility index (Phi) is 6.88. The normalized spacial score (nSPS) is 10.5. The third-order valence-corrected chi connectivity index (χ3v) is 4.07. The quantitative estimate of drug-likeness (QED) is 0.754. The first-order chi connectivity index (χ1) is 10.4. The largest absolute Gasteiger partial charge is 0.397 e. The summed E-state index contributed by atoms with van der Waals surface area (Å²) >= 11 is 0. The second-order valence-corrected chi connectivity index (χ2v) is 6.54. The van der Waals surface area contributed by atoms with Crippen LogP contribution in [0.15, 0.2) is 53.4 Å². The predicted molar refractivity (Wildman–Crippen MR) is 92.8 cm³/mol. The van der Waals surface area contributed by atoms with Crippen molar-refractivity contribution in [1.29, 1.82) is 0 Å². The van der Waals surface area contributed by atoms with E-state index in [1.807, 2.05) is 30.3 Å². The minimum atomic E-state index is -3.47. The fraction of sp³-hybridized carbons (Fsp3) is 0.250. The lowest BCUT2D eigenvalue weighted by Gasteiger charge is -2.11. The molecule has 0 atom stereocenters. The van der Waals surface area contributed by atoms with Crippen molar-refractivity contribution < 1.29 is 8.42 Å². The zero-order valence-electron chi connectivity index (χ0n) is 13.1. The maximum Gasteiger partial charge on any atom is 0.240 e. The Morgan fingerprint density at radius 3 is 2.14 bits per heavy atom. The van der Waals surface area contributed by atoms with Crippen molar-refractivity contribution >= 4 is 27.1 Å². The van der Waals surface area contributed by atoms with Crippen molar-refractivity contribution in [1.82, 2.24) is 4.72 Å². The van der Waals surface area contributed by atoms with Crippen molar-refractivity contribution in [2.24, 2.45) is 0 Å². The molecule has 0 unspecified atom stereocenters. The molecular weight excluding hydrogens is 298 g/mol. The van der Waals surface area contributed by atoms with Gasteiger partial charge in [0.2, 0.25) is 10.0 Å². The van der Waals surface area contributed by atoms with Gasteiger partial charge in [0.15, 0.2) is 0 Å². The molecule has 0 aliphatic heterocycles. The molecular formula is C16H23N3O2S. The van der Waals surface area contributed by atoms with Gasteiger partial charge in [-0.25, -0.2) is 13.1 Å². The van der Waals surface area contributed by atoms with Crippen molar-refractivity contribution in [2.75, 3.05) is 18.1 Å². The van der Waals surface area contributed by atoms with Gasteiger partial charge in [-0.1, -0.05) is 38.5 Å². The van der Waals surface area contributed by atoms with E-state index in [4.69, 9.17) is 5.73 Å². The van der Waals surface area contributed by atoms with Crippen molar-refractivity contribution in [3.05, 3.63) is 48.5 Å². The highest BCUT2D eigenvalue weighted by molar-refractivity contribution is 7.89. The van der Waals surface area contributed by atoms with Gasteiger partial charge in [0.25, 0.3) is 0 Å². The van der Waals surface area contributed by atoms with E-state index in [0.29, 0.717) is 11.4 Å². The molecule has 0 saturated carbocycles. The third kappa shape index (κ3) is 5.05. The lowest BCUT2D eigenvalue weighted by molar-refractivity contribution is 0.588. The molecule has 2 rings (SSSR count). The van der Waals surface area contributed by atoms with Gasteiger partial charge in [0, 0.05) is 5.69 Å². The first-order valence-electron chi connectivity index (χ1n) is 7.09. The monoisotopic (exact) mass is 321 g/mol. The van der Waals surface area contributed by atoms with E-state index in [1.54, 1.807) is 6.07 Å². The molecule has 0 fully saturated rings. The Labute approximate surface area is 132 Å². The average molecular weight is 321 g/mol. The molecule has 22 heavy (non-hydrogen) atoms. The molecule has 0 amide bonds. The second kappa shape index (κ2) is 8.41. The van der Waals surface area contributed by atoms with Crippen LogP contribution < -0.4 is 15.8 Å². The molecule has 0 saturated heterocycles. The van der Waals surface area contributed by atoms with Crippen LogP contribution >= 0.6 is 0 Å².